The summed E-state index contributed by atoms with van der Waals surface area (Å²) >= 11 is 0. The predicted octanol–water partition coefficient (Wildman–Crippen LogP) is 6.47. The van der Waals surface area contributed by atoms with Crippen LogP contribution in [0.4, 0.5) is 5.69 Å². The fraction of sp³-hybridized carbons (Fsp3) is 0.667. The monoisotopic (exact) mass is 388 g/mol. The van der Waals surface area contributed by atoms with Gasteiger partial charge in [0.15, 0.2) is 0 Å². The number of benzene rings is 1. The first-order chi connectivity index (χ1) is 13.7. The van der Waals surface area contributed by atoms with Gasteiger partial charge in [0.1, 0.15) is 0 Å². The second kappa shape index (κ2) is 16.1. The first-order valence-corrected chi connectivity index (χ1v) is 11.4. The number of anilines is 1. The minimum absolute atomic E-state index is 0.0297. The molecule has 158 valence electrons. The summed E-state index contributed by atoms with van der Waals surface area (Å²) in [6, 6.07) is 7.14. The van der Waals surface area contributed by atoms with Crippen LogP contribution in [0.2, 0.25) is 0 Å². The van der Waals surface area contributed by atoms with Gasteiger partial charge in [-0.2, -0.15) is 0 Å². The van der Waals surface area contributed by atoms with Crippen molar-refractivity contribution in [2.75, 3.05) is 11.9 Å². The van der Waals surface area contributed by atoms with Gasteiger partial charge in [0.25, 0.3) is 5.91 Å². The Morgan fingerprint density at radius 3 is 2.00 bits per heavy atom. The van der Waals surface area contributed by atoms with E-state index in [4.69, 9.17) is 0 Å². The maximum Gasteiger partial charge on any atom is 0.251 e. The summed E-state index contributed by atoms with van der Waals surface area (Å²) < 4.78 is 0. The Balaban J connectivity index is 2.11. The van der Waals surface area contributed by atoms with Gasteiger partial charge < -0.3 is 10.6 Å². The van der Waals surface area contributed by atoms with Crippen LogP contribution in [-0.2, 0) is 4.79 Å². The van der Waals surface area contributed by atoms with E-state index in [0.29, 0.717) is 24.2 Å². The maximum absolute atomic E-state index is 12.1. The maximum atomic E-state index is 12.1. The van der Waals surface area contributed by atoms with Crippen LogP contribution >= 0.6 is 0 Å². The van der Waals surface area contributed by atoms with Crippen molar-refractivity contribution >= 4 is 17.5 Å². The molecule has 0 saturated carbocycles. The second-order valence-electron chi connectivity index (χ2n) is 7.67. The number of unbranched alkanes of at least 4 members (excludes halogenated alkanes) is 10. The van der Waals surface area contributed by atoms with Crippen molar-refractivity contribution in [2.24, 2.45) is 0 Å². The van der Waals surface area contributed by atoms with E-state index in [9.17, 15) is 9.59 Å². The van der Waals surface area contributed by atoms with Crippen molar-refractivity contribution in [1.29, 1.82) is 0 Å². The van der Waals surface area contributed by atoms with Crippen LogP contribution in [0.3, 0.4) is 0 Å². The van der Waals surface area contributed by atoms with E-state index >= 15 is 0 Å². The summed E-state index contributed by atoms with van der Waals surface area (Å²) in [6.45, 7) is 4.93. The number of rotatable bonds is 16. The van der Waals surface area contributed by atoms with E-state index in [1.54, 1.807) is 18.2 Å². The molecule has 0 heterocycles. The van der Waals surface area contributed by atoms with Gasteiger partial charge in [-0.15, -0.1) is 0 Å². The number of carbonyl (C=O) groups excluding carboxylic acids is 2. The molecule has 0 aliphatic carbocycles. The lowest BCUT2D eigenvalue weighted by atomic mass is 10.1. The third-order valence-corrected chi connectivity index (χ3v) is 4.95. The Kier molecular flexibility index (Phi) is 14.0. The van der Waals surface area contributed by atoms with Gasteiger partial charge in [-0.05, 0) is 31.0 Å². The molecule has 2 N–H and O–H groups in total. The molecule has 4 heteroatoms. The molecule has 0 aliphatic rings. The zero-order chi connectivity index (χ0) is 20.5. The summed E-state index contributed by atoms with van der Waals surface area (Å²) in [7, 11) is 0. The number of hydrogen-bond donors (Lipinski definition) is 2. The molecule has 28 heavy (non-hydrogen) atoms. The fourth-order valence-corrected chi connectivity index (χ4v) is 3.25. The zero-order valence-electron chi connectivity index (χ0n) is 18.0. The lowest BCUT2D eigenvalue weighted by Gasteiger charge is -2.08. The summed E-state index contributed by atoms with van der Waals surface area (Å²) in [6.07, 6.45) is 15.5. The summed E-state index contributed by atoms with van der Waals surface area (Å²) in [5, 5.41) is 5.76. The molecule has 0 atom stereocenters. The molecule has 2 amide bonds. The average Bonchev–Trinajstić information content (AvgIpc) is 2.70. The van der Waals surface area contributed by atoms with E-state index in [1.165, 1.54) is 57.8 Å². The summed E-state index contributed by atoms with van der Waals surface area (Å²) in [5.41, 5.74) is 1.28. The Morgan fingerprint density at radius 1 is 0.786 bits per heavy atom. The highest BCUT2D eigenvalue weighted by Crippen LogP contribution is 2.14. The van der Waals surface area contributed by atoms with Crippen LogP contribution < -0.4 is 10.6 Å². The predicted molar refractivity (Wildman–Crippen MR) is 119 cm³/mol. The Hall–Kier alpha value is -1.84. The summed E-state index contributed by atoms with van der Waals surface area (Å²) in [4.78, 5) is 24.1. The van der Waals surface area contributed by atoms with E-state index in [2.05, 4.69) is 17.6 Å². The first-order valence-electron chi connectivity index (χ1n) is 11.4. The van der Waals surface area contributed by atoms with Crippen LogP contribution in [0.25, 0.3) is 0 Å². The number of hydrogen-bond acceptors (Lipinski definition) is 2. The molecule has 0 spiro atoms. The lowest BCUT2D eigenvalue weighted by molar-refractivity contribution is -0.116. The highest BCUT2D eigenvalue weighted by molar-refractivity contribution is 5.97. The van der Waals surface area contributed by atoms with Crippen molar-refractivity contribution < 1.29 is 9.59 Å². The molecule has 0 fully saturated rings. The minimum Gasteiger partial charge on any atom is -0.352 e. The zero-order valence-corrected chi connectivity index (χ0v) is 18.0. The Bertz CT molecular complexity index is 557. The highest BCUT2D eigenvalue weighted by Gasteiger charge is 2.07. The molecule has 0 unspecified atom stereocenters. The molecule has 0 radical (unpaired) electrons. The minimum atomic E-state index is -0.0942. The number of amides is 2. The van der Waals surface area contributed by atoms with Gasteiger partial charge in [0.2, 0.25) is 5.91 Å². The van der Waals surface area contributed by atoms with Crippen molar-refractivity contribution in [2.45, 2.75) is 97.3 Å². The molecule has 1 rings (SSSR count). The van der Waals surface area contributed by atoms with Crippen molar-refractivity contribution in [3.63, 3.8) is 0 Å². The smallest absolute Gasteiger partial charge is 0.251 e. The van der Waals surface area contributed by atoms with Crippen molar-refractivity contribution in [3.05, 3.63) is 29.8 Å². The quantitative estimate of drug-likeness (QED) is 0.319. The van der Waals surface area contributed by atoms with E-state index in [-0.39, 0.29) is 11.8 Å². The van der Waals surface area contributed by atoms with Gasteiger partial charge in [0, 0.05) is 24.2 Å². The molecule has 0 aromatic heterocycles. The van der Waals surface area contributed by atoms with Gasteiger partial charge in [-0.3, -0.25) is 9.59 Å². The molecule has 0 aliphatic heterocycles. The third-order valence-electron chi connectivity index (χ3n) is 4.95. The fourth-order valence-electron chi connectivity index (χ4n) is 3.25. The van der Waals surface area contributed by atoms with Crippen LogP contribution in [0.5, 0.6) is 0 Å². The van der Waals surface area contributed by atoms with E-state index < -0.39 is 0 Å². The third kappa shape index (κ3) is 11.8. The van der Waals surface area contributed by atoms with Crippen LogP contribution in [0.15, 0.2) is 24.3 Å². The van der Waals surface area contributed by atoms with Crippen LogP contribution in [-0.4, -0.2) is 18.4 Å². The molecule has 4 nitrogen and oxygen atoms in total. The number of nitrogens with one attached hydrogen (secondary N) is 2. The second-order valence-corrected chi connectivity index (χ2v) is 7.67. The van der Waals surface area contributed by atoms with Crippen LogP contribution in [0, 0.1) is 0 Å². The topological polar surface area (TPSA) is 58.2 Å². The normalized spacial score (nSPS) is 10.6. The lowest BCUT2D eigenvalue weighted by Crippen LogP contribution is -2.24. The molecule has 0 saturated heterocycles. The average molecular weight is 389 g/mol. The van der Waals surface area contributed by atoms with Gasteiger partial charge in [-0.1, -0.05) is 84.1 Å². The van der Waals surface area contributed by atoms with Gasteiger partial charge in [-0.25, -0.2) is 0 Å². The standard InChI is InChI=1S/C24H40N2O2/c1-3-5-6-7-8-9-10-11-12-13-14-18-23(27)26-22-17-15-16-21(20-22)24(28)25-19-4-2/h15-17,20H,3-14,18-19H2,1-2H3,(H,25,28)(H,26,27). The Morgan fingerprint density at radius 2 is 1.39 bits per heavy atom. The molecular formula is C24H40N2O2. The molecule has 1 aromatic rings. The first kappa shape index (κ1) is 24.2. The van der Waals surface area contributed by atoms with Crippen LogP contribution in [0.1, 0.15) is 108 Å². The van der Waals surface area contributed by atoms with Gasteiger partial charge in [0.05, 0.1) is 0 Å². The summed E-state index contributed by atoms with van der Waals surface area (Å²) in [5.74, 6) is -0.0645. The molecule has 0 bridgehead atoms. The molecule has 1 aromatic carbocycles. The SMILES string of the molecule is CCCCCCCCCCCCCC(=O)Nc1cccc(C(=O)NCCC)c1. The van der Waals surface area contributed by atoms with E-state index in [0.717, 1.165) is 19.3 Å². The Labute approximate surface area is 171 Å². The van der Waals surface area contributed by atoms with Gasteiger partial charge >= 0.3 is 0 Å². The van der Waals surface area contributed by atoms with E-state index in [1.807, 2.05) is 13.0 Å². The highest BCUT2D eigenvalue weighted by atomic mass is 16.2. The van der Waals surface area contributed by atoms with Crippen molar-refractivity contribution in [1.82, 2.24) is 5.32 Å². The molecular weight excluding hydrogens is 348 g/mol. The number of carbonyl (C=O) groups is 2. The largest absolute Gasteiger partial charge is 0.352 e. The van der Waals surface area contributed by atoms with Crippen molar-refractivity contribution in [3.8, 4) is 0 Å².